The average Bonchev–Trinajstić information content (AvgIpc) is 2.49. The molecule has 0 aromatic heterocycles. The third-order valence-electron chi connectivity index (χ3n) is 3.39. The Morgan fingerprint density at radius 3 is 2.89 bits per heavy atom. The van der Waals surface area contributed by atoms with Gasteiger partial charge < -0.3 is 19.7 Å². The van der Waals surface area contributed by atoms with Crippen LogP contribution in [-0.4, -0.2) is 46.2 Å². The first-order chi connectivity index (χ1) is 9.36. The molecule has 0 saturated carbocycles. The predicted octanol–water partition coefficient (Wildman–Crippen LogP) is 1.87. The molecule has 1 unspecified atom stereocenters. The van der Waals surface area contributed by atoms with E-state index in [2.05, 4.69) is 41.5 Å². The monoisotopic (exact) mass is 264 g/mol. The van der Waals surface area contributed by atoms with Gasteiger partial charge in [0.25, 0.3) is 0 Å². The fraction of sp³-hybridized carbons (Fsp3) is 0.600. The van der Waals surface area contributed by atoms with E-state index < -0.39 is 0 Å². The highest BCUT2D eigenvalue weighted by atomic mass is 16.7. The van der Waals surface area contributed by atoms with Crippen molar-refractivity contribution < 1.29 is 9.47 Å². The molecule has 1 N–H and O–H groups in total. The molecule has 4 nitrogen and oxygen atoms in total. The van der Waals surface area contributed by atoms with E-state index >= 15 is 0 Å². The third kappa shape index (κ3) is 5.19. The molecule has 1 aromatic carbocycles. The fourth-order valence-corrected chi connectivity index (χ4v) is 2.18. The summed E-state index contributed by atoms with van der Waals surface area (Å²) in [6, 6.07) is 10.5. The number of rotatable bonds is 7. The first-order valence-electron chi connectivity index (χ1n) is 7.02. The standard InChI is InChI=1S/C15H24N2O2/c1-17(14-6-3-2-4-7-14)10-5-9-16-12-15-8-11-18-13-19-15/h2-4,6-7,15-16H,5,8-13H2,1H3. The van der Waals surface area contributed by atoms with Gasteiger partial charge in [0, 0.05) is 25.8 Å². The summed E-state index contributed by atoms with van der Waals surface area (Å²) in [5.74, 6) is 0. The van der Waals surface area contributed by atoms with Gasteiger partial charge in [0.05, 0.1) is 12.7 Å². The molecule has 1 aromatic rings. The minimum atomic E-state index is 0.320. The van der Waals surface area contributed by atoms with Crippen molar-refractivity contribution >= 4 is 5.69 Å². The zero-order valence-electron chi connectivity index (χ0n) is 11.7. The number of nitrogens with zero attached hydrogens (tertiary/aromatic N) is 1. The number of hydrogen-bond acceptors (Lipinski definition) is 4. The van der Waals surface area contributed by atoms with Gasteiger partial charge in [-0.25, -0.2) is 0 Å². The molecule has 1 fully saturated rings. The molecule has 0 bridgehead atoms. The molecule has 2 rings (SSSR count). The maximum absolute atomic E-state index is 5.48. The summed E-state index contributed by atoms with van der Waals surface area (Å²) < 4.78 is 10.6. The van der Waals surface area contributed by atoms with Crippen LogP contribution >= 0.6 is 0 Å². The van der Waals surface area contributed by atoms with E-state index in [0.717, 1.165) is 39.1 Å². The Morgan fingerprint density at radius 1 is 1.32 bits per heavy atom. The summed E-state index contributed by atoms with van der Waals surface area (Å²) in [7, 11) is 2.14. The Bertz CT molecular complexity index is 339. The minimum absolute atomic E-state index is 0.320. The Kier molecular flexibility index (Phi) is 6.14. The molecule has 0 radical (unpaired) electrons. The van der Waals surface area contributed by atoms with E-state index in [0.29, 0.717) is 12.9 Å². The molecule has 1 atom stereocenters. The lowest BCUT2D eigenvalue weighted by molar-refractivity contribution is -0.137. The van der Waals surface area contributed by atoms with Crippen LogP contribution in [0.5, 0.6) is 0 Å². The van der Waals surface area contributed by atoms with E-state index in [1.54, 1.807) is 0 Å². The van der Waals surface area contributed by atoms with Gasteiger partial charge in [0.1, 0.15) is 6.79 Å². The second-order valence-electron chi connectivity index (χ2n) is 4.92. The van der Waals surface area contributed by atoms with E-state index in [1.165, 1.54) is 5.69 Å². The van der Waals surface area contributed by atoms with Crippen LogP contribution in [0.25, 0.3) is 0 Å². The highest BCUT2D eigenvalue weighted by Gasteiger charge is 2.12. The minimum Gasteiger partial charge on any atom is -0.375 e. The van der Waals surface area contributed by atoms with Crippen LogP contribution in [0.15, 0.2) is 30.3 Å². The third-order valence-corrected chi connectivity index (χ3v) is 3.39. The molecule has 0 amide bonds. The van der Waals surface area contributed by atoms with Crippen molar-refractivity contribution in [1.82, 2.24) is 5.32 Å². The van der Waals surface area contributed by atoms with E-state index in [1.807, 2.05) is 6.07 Å². The van der Waals surface area contributed by atoms with Gasteiger partial charge in [-0.2, -0.15) is 0 Å². The normalized spacial score (nSPS) is 19.3. The Hall–Kier alpha value is -1.10. The highest BCUT2D eigenvalue weighted by Crippen LogP contribution is 2.10. The summed E-state index contributed by atoms with van der Waals surface area (Å²) in [6.07, 6.45) is 2.45. The van der Waals surface area contributed by atoms with E-state index in [9.17, 15) is 0 Å². The van der Waals surface area contributed by atoms with Crippen LogP contribution in [0.1, 0.15) is 12.8 Å². The number of anilines is 1. The molecule has 0 aliphatic carbocycles. The molecule has 1 heterocycles. The maximum Gasteiger partial charge on any atom is 0.147 e. The molecule has 1 aliphatic rings. The van der Waals surface area contributed by atoms with Gasteiger partial charge in [-0.05, 0) is 31.5 Å². The van der Waals surface area contributed by atoms with Gasteiger partial charge in [-0.3, -0.25) is 0 Å². The first-order valence-corrected chi connectivity index (χ1v) is 7.02. The Labute approximate surface area is 115 Å². The largest absolute Gasteiger partial charge is 0.375 e. The van der Waals surface area contributed by atoms with Crippen molar-refractivity contribution in [1.29, 1.82) is 0 Å². The molecular formula is C15H24N2O2. The molecule has 4 heteroatoms. The summed E-state index contributed by atoms with van der Waals surface area (Å²) in [6.45, 7) is 4.29. The summed E-state index contributed by atoms with van der Waals surface area (Å²) in [5, 5.41) is 3.45. The SMILES string of the molecule is CN(CCCNCC1CCOCO1)c1ccccc1. The lowest BCUT2D eigenvalue weighted by Crippen LogP contribution is -2.35. The Morgan fingerprint density at radius 2 is 2.16 bits per heavy atom. The van der Waals surface area contributed by atoms with Crippen molar-refractivity contribution in [3.8, 4) is 0 Å². The molecule has 0 spiro atoms. The van der Waals surface area contributed by atoms with Crippen LogP contribution in [0, 0.1) is 0 Å². The van der Waals surface area contributed by atoms with Crippen molar-refractivity contribution in [2.75, 3.05) is 45.0 Å². The van der Waals surface area contributed by atoms with Gasteiger partial charge in [-0.15, -0.1) is 0 Å². The van der Waals surface area contributed by atoms with Gasteiger partial charge >= 0.3 is 0 Å². The lowest BCUT2D eigenvalue weighted by atomic mass is 10.2. The lowest BCUT2D eigenvalue weighted by Gasteiger charge is -2.23. The maximum atomic E-state index is 5.48. The zero-order valence-corrected chi connectivity index (χ0v) is 11.7. The zero-order chi connectivity index (χ0) is 13.3. The van der Waals surface area contributed by atoms with Crippen molar-refractivity contribution in [2.45, 2.75) is 18.9 Å². The number of nitrogens with one attached hydrogen (secondary N) is 1. The van der Waals surface area contributed by atoms with Crippen LogP contribution < -0.4 is 10.2 Å². The Balaban J connectivity index is 1.54. The smallest absolute Gasteiger partial charge is 0.147 e. The molecule has 1 aliphatic heterocycles. The molecule has 19 heavy (non-hydrogen) atoms. The highest BCUT2D eigenvalue weighted by molar-refractivity contribution is 5.44. The van der Waals surface area contributed by atoms with Crippen molar-refractivity contribution in [2.24, 2.45) is 0 Å². The summed E-state index contributed by atoms with van der Waals surface area (Å²) in [4.78, 5) is 2.28. The van der Waals surface area contributed by atoms with Gasteiger partial charge in [-0.1, -0.05) is 18.2 Å². The number of para-hydroxylation sites is 1. The van der Waals surface area contributed by atoms with Crippen molar-refractivity contribution in [3.05, 3.63) is 30.3 Å². The van der Waals surface area contributed by atoms with Crippen molar-refractivity contribution in [3.63, 3.8) is 0 Å². The topological polar surface area (TPSA) is 33.7 Å². The predicted molar refractivity (Wildman–Crippen MR) is 77.5 cm³/mol. The van der Waals surface area contributed by atoms with Gasteiger partial charge in [0.2, 0.25) is 0 Å². The second kappa shape index (κ2) is 8.15. The van der Waals surface area contributed by atoms with Crippen LogP contribution in [0.3, 0.4) is 0 Å². The quantitative estimate of drug-likeness (QED) is 0.762. The summed E-state index contributed by atoms with van der Waals surface area (Å²) in [5.41, 5.74) is 1.27. The van der Waals surface area contributed by atoms with E-state index in [4.69, 9.17) is 9.47 Å². The second-order valence-corrected chi connectivity index (χ2v) is 4.92. The van der Waals surface area contributed by atoms with Crippen LogP contribution in [0.2, 0.25) is 0 Å². The average molecular weight is 264 g/mol. The van der Waals surface area contributed by atoms with Gasteiger partial charge in [0.15, 0.2) is 0 Å². The fourth-order valence-electron chi connectivity index (χ4n) is 2.18. The summed E-state index contributed by atoms with van der Waals surface area (Å²) >= 11 is 0. The van der Waals surface area contributed by atoms with E-state index in [-0.39, 0.29) is 0 Å². The molecule has 106 valence electrons. The number of benzene rings is 1. The van der Waals surface area contributed by atoms with Crippen LogP contribution in [-0.2, 0) is 9.47 Å². The molecular weight excluding hydrogens is 240 g/mol. The first kappa shape index (κ1) is 14.3. The molecule has 1 saturated heterocycles. The number of hydrogen-bond donors (Lipinski definition) is 1. The number of ether oxygens (including phenoxy) is 2. The van der Waals surface area contributed by atoms with Crippen LogP contribution in [0.4, 0.5) is 5.69 Å².